The molecule has 0 aromatic carbocycles. The van der Waals surface area contributed by atoms with Crippen LogP contribution in [-0.4, -0.2) is 0 Å². The predicted octanol–water partition coefficient (Wildman–Crippen LogP) is 3.85. The van der Waals surface area contributed by atoms with Gasteiger partial charge in [0.25, 0.3) is 0 Å². The second-order valence-corrected chi connectivity index (χ2v) is 3.08. The van der Waals surface area contributed by atoms with Crippen LogP contribution in [0.4, 0.5) is 4.39 Å². The lowest BCUT2D eigenvalue weighted by molar-refractivity contribution is 0.516. The van der Waals surface area contributed by atoms with Gasteiger partial charge in [0, 0.05) is 5.92 Å². The Morgan fingerprint density at radius 1 is 1.45 bits per heavy atom. The SMILES string of the molecule is C/C=C(/C)C/C=C(/F)C(C)C. The lowest BCUT2D eigenvalue weighted by atomic mass is 10.1. The monoisotopic (exact) mass is 156 g/mol. The Hall–Kier alpha value is -0.590. The average molecular weight is 156 g/mol. The highest BCUT2D eigenvalue weighted by Gasteiger charge is 1.99. The third kappa shape index (κ3) is 4.77. The van der Waals surface area contributed by atoms with Gasteiger partial charge in [0.2, 0.25) is 0 Å². The molecule has 0 aromatic heterocycles. The van der Waals surface area contributed by atoms with Crippen LogP contribution >= 0.6 is 0 Å². The molecular formula is C10H17F. The Labute approximate surface area is 68.8 Å². The molecule has 64 valence electrons. The van der Waals surface area contributed by atoms with Crippen molar-refractivity contribution < 1.29 is 4.39 Å². The molecule has 0 saturated carbocycles. The summed E-state index contributed by atoms with van der Waals surface area (Å²) in [6.45, 7) is 7.69. The third-order valence-corrected chi connectivity index (χ3v) is 1.66. The molecule has 0 aromatic rings. The molecule has 0 aliphatic heterocycles. The zero-order chi connectivity index (χ0) is 8.85. The summed E-state index contributed by atoms with van der Waals surface area (Å²) in [7, 11) is 0. The third-order valence-electron chi connectivity index (χ3n) is 1.66. The van der Waals surface area contributed by atoms with Gasteiger partial charge in [-0.2, -0.15) is 0 Å². The molecule has 1 heteroatoms. The first-order chi connectivity index (χ1) is 5.07. The number of allylic oxidation sites excluding steroid dienone is 4. The fourth-order valence-electron chi connectivity index (χ4n) is 0.612. The van der Waals surface area contributed by atoms with E-state index >= 15 is 0 Å². The fourth-order valence-corrected chi connectivity index (χ4v) is 0.612. The van der Waals surface area contributed by atoms with Gasteiger partial charge < -0.3 is 0 Å². The highest BCUT2D eigenvalue weighted by atomic mass is 19.1. The van der Waals surface area contributed by atoms with Gasteiger partial charge >= 0.3 is 0 Å². The number of rotatable bonds is 3. The average Bonchev–Trinajstić information content (AvgIpc) is 1.99. The van der Waals surface area contributed by atoms with Crippen molar-refractivity contribution in [3.63, 3.8) is 0 Å². The second kappa shape index (κ2) is 5.11. The van der Waals surface area contributed by atoms with Crippen LogP contribution in [0.2, 0.25) is 0 Å². The maximum atomic E-state index is 12.9. The normalized spacial score (nSPS) is 14.4. The van der Waals surface area contributed by atoms with Gasteiger partial charge in [0.15, 0.2) is 0 Å². The van der Waals surface area contributed by atoms with Crippen molar-refractivity contribution in [2.75, 3.05) is 0 Å². The molecule has 0 unspecified atom stereocenters. The Balaban J connectivity index is 3.92. The second-order valence-electron chi connectivity index (χ2n) is 3.08. The summed E-state index contributed by atoms with van der Waals surface area (Å²) in [5.41, 5.74) is 1.21. The quantitative estimate of drug-likeness (QED) is 0.544. The van der Waals surface area contributed by atoms with Crippen molar-refractivity contribution in [2.24, 2.45) is 5.92 Å². The molecule has 0 nitrogen and oxygen atoms in total. The van der Waals surface area contributed by atoms with E-state index in [0.29, 0.717) is 0 Å². The van der Waals surface area contributed by atoms with Crippen LogP contribution in [0, 0.1) is 5.92 Å². The zero-order valence-corrected chi connectivity index (χ0v) is 7.82. The Morgan fingerprint density at radius 2 is 2.00 bits per heavy atom. The first-order valence-electron chi connectivity index (χ1n) is 4.05. The number of halogens is 1. The van der Waals surface area contributed by atoms with Gasteiger partial charge in [-0.25, -0.2) is 4.39 Å². The van der Waals surface area contributed by atoms with E-state index < -0.39 is 0 Å². The molecule has 0 rings (SSSR count). The molecule has 0 spiro atoms. The van der Waals surface area contributed by atoms with Crippen LogP contribution in [0.1, 0.15) is 34.1 Å². The smallest absolute Gasteiger partial charge is 0.0988 e. The minimum absolute atomic E-state index is 0.00815. The standard InChI is InChI=1S/C10H17F/c1-5-9(4)6-7-10(11)8(2)3/h5,7-8H,6H2,1-4H3/b9-5-,10-7+. The van der Waals surface area contributed by atoms with E-state index in [0.717, 1.165) is 6.42 Å². The van der Waals surface area contributed by atoms with Crippen molar-refractivity contribution in [3.05, 3.63) is 23.6 Å². The van der Waals surface area contributed by atoms with E-state index in [1.807, 2.05) is 33.8 Å². The molecule has 11 heavy (non-hydrogen) atoms. The van der Waals surface area contributed by atoms with E-state index in [9.17, 15) is 4.39 Å². The molecule has 0 saturated heterocycles. The van der Waals surface area contributed by atoms with Crippen molar-refractivity contribution in [2.45, 2.75) is 34.1 Å². The largest absolute Gasteiger partial charge is 0.212 e. The highest BCUT2D eigenvalue weighted by molar-refractivity contribution is 5.06. The summed E-state index contributed by atoms with van der Waals surface area (Å²) in [6, 6.07) is 0. The topological polar surface area (TPSA) is 0 Å². The van der Waals surface area contributed by atoms with Crippen LogP contribution in [0.15, 0.2) is 23.6 Å². The Kier molecular flexibility index (Phi) is 4.84. The van der Waals surface area contributed by atoms with Gasteiger partial charge in [0.05, 0.1) is 5.83 Å². The molecule has 0 radical (unpaired) electrons. The molecule has 0 atom stereocenters. The lowest BCUT2D eigenvalue weighted by Gasteiger charge is -2.00. The summed E-state index contributed by atoms with van der Waals surface area (Å²) in [5.74, 6) is 0.0193. The summed E-state index contributed by atoms with van der Waals surface area (Å²) in [5, 5.41) is 0. The fraction of sp³-hybridized carbons (Fsp3) is 0.600. The Bertz CT molecular complexity index is 164. The first kappa shape index (κ1) is 10.4. The minimum Gasteiger partial charge on any atom is -0.212 e. The first-order valence-corrected chi connectivity index (χ1v) is 4.05. The van der Waals surface area contributed by atoms with Crippen LogP contribution in [0.5, 0.6) is 0 Å². The molecule has 0 fully saturated rings. The van der Waals surface area contributed by atoms with E-state index in [-0.39, 0.29) is 11.7 Å². The van der Waals surface area contributed by atoms with E-state index in [2.05, 4.69) is 0 Å². The van der Waals surface area contributed by atoms with E-state index in [4.69, 9.17) is 0 Å². The molecule has 0 heterocycles. The maximum Gasteiger partial charge on any atom is 0.0988 e. The van der Waals surface area contributed by atoms with Gasteiger partial charge in [-0.05, 0) is 26.3 Å². The molecule has 0 aliphatic rings. The van der Waals surface area contributed by atoms with E-state index in [1.54, 1.807) is 6.08 Å². The van der Waals surface area contributed by atoms with Gasteiger partial charge in [-0.15, -0.1) is 0 Å². The number of hydrogen-bond acceptors (Lipinski definition) is 0. The molecule has 0 N–H and O–H groups in total. The van der Waals surface area contributed by atoms with Crippen molar-refractivity contribution in [1.29, 1.82) is 0 Å². The van der Waals surface area contributed by atoms with Crippen LogP contribution in [0.25, 0.3) is 0 Å². The van der Waals surface area contributed by atoms with Crippen molar-refractivity contribution in [3.8, 4) is 0 Å². The van der Waals surface area contributed by atoms with Crippen LogP contribution < -0.4 is 0 Å². The van der Waals surface area contributed by atoms with E-state index in [1.165, 1.54) is 5.57 Å². The summed E-state index contributed by atoms with van der Waals surface area (Å²) in [6.07, 6.45) is 4.39. The lowest BCUT2D eigenvalue weighted by Crippen LogP contribution is -1.86. The van der Waals surface area contributed by atoms with Gasteiger partial charge in [-0.1, -0.05) is 25.5 Å². The highest BCUT2D eigenvalue weighted by Crippen LogP contribution is 2.13. The van der Waals surface area contributed by atoms with Crippen molar-refractivity contribution >= 4 is 0 Å². The van der Waals surface area contributed by atoms with Crippen LogP contribution in [-0.2, 0) is 0 Å². The molecule has 0 amide bonds. The molecular weight excluding hydrogens is 139 g/mol. The molecule has 0 aliphatic carbocycles. The van der Waals surface area contributed by atoms with Gasteiger partial charge in [0.1, 0.15) is 0 Å². The van der Waals surface area contributed by atoms with Crippen LogP contribution in [0.3, 0.4) is 0 Å². The zero-order valence-electron chi connectivity index (χ0n) is 7.82. The minimum atomic E-state index is -0.00815. The maximum absolute atomic E-state index is 12.9. The molecule has 0 bridgehead atoms. The van der Waals surface area contributed by atoms with Gasteiger partial charge in [-0.3, -0.25) is 0 Å². The Morgan fingerprint density at radius 3 is 2.36 bits per heavy atom. The summed E-state index contributed by atoms with van der Waals surface area (Å²) < 4.78 is 12.9. The summed E-state index contributed by atoms with van der Waals surface area (Å²) >= 11 is 0. The summed E-state index contributed by atoms with van der Waals surface area (Å²) in [4.78, 5) is 0. The number of hydrogen-bond donors (Lipinski definition) is 0. The van der Waals surface area contributed by atoms with Crippen molar-refractivity contribution in [1.82, 2.24) is 0 Å². The predicted molar refractivity (Wildman–Crippen MR) is 48.1 cm³/mol.